The van der Waals surface area contributed by atoms with Gasteiger partial charge < -0.3 is 16.0 Å². The van der Waals surface area contributed by atoms with Gasteiger partial charge in [0.05, 0.1) is 10.9 Å². The number of nitrogens with two attached hydrogens (primary N) is 1. The molecule has 0 saturated carbocycles. The molecule has 1 saturated heterocycles. The Morgan fingerprint density at radius 1 is 1.54 bits per heavy atom. The van der Waals surface area contributed by atoms with Crippen molar-refractivity contribution in [3.63, 3.8) is 0 Å². The third kappa shape index (κ3) is 5.01. The topological polar surface area (TPSA) is 88.3 Å². The van der Waals surface area contributed by atoms with Crippen molar-refractivity contribution in [2.75, 3.05) is 19.6 Å². The summed E-state index contributed by atoms with van der Waals surface area (Å²) in [4.78, 5) is 31.1. The second-order valence-electron chi connectivity index (χ2n) is 6.45. The minimum absolute atomic E-state index is 0.0653. The summed E-state index contributed by atoms with van der Waals surface area (Å²) in [6.45, 7) is 5.84. The summed E-state index contributed by atoms with van der Waals surface area (Å²) in [5, 5.41) is 5.75. The van der Waals surface area contributed by atoms with Crippen molar-refractivity contribution >= 4 is 23.2 Å². The van der Waals surface area contributed by atoms with Crippen LogP contribution in [-0.2, 0) is 11.2 Å². The molecule has 134 valence electrons. The number of carbonyl (C=O) groups is 2. The largest absolute Gasteiger partial charge is 0.353 e. The van der Waals surface area contributed by atoms with Gasteiger partial charge in [-0.05, 0) is 32.7 Å². The molecule has 7 heteroatoms. The fourth-order valence-corrected chi connectivity index (χ4v) is 3.84. The van der Waals surface area contributed by atoms with Gasteiger partial charge in [-0.2, -0.15) is 0 Å². The Hall–Kier alpha value is -1.47. The van der Waals surface area contributed by atoms with Crippen LogP contribution in [0.25, 0.3) is 0 Å². The van der Waals surface area contributed by atoms with Crippen molar-refractivity contribution in [2.24, 2.45) is 11.7 Å². The number of likely N-dealkylation sites (tertiary alicyclic amines) is 1. The average molecular weight is 353 g/mol. The summed E-state index contributed by atoms with van der Waals surface area (Å²) in [5.41, 5.74) is 6.00. The van der Waals surface area contributed by atoms with Crippen LogP contribution < -0.4 is 11.1 Å². The van der Waals surface area contributed by atoms with Crippen molar-refractivity contribution in [2.45, 2.75) is 52.0 Å². The minimum atomic E-state index is -0.121. The number of piperidine rings is 1. The molecule has 2 atom stereocenters. The predicted octanol–water partition coefficient (Wildman–Crippen LogP) is 1.80. The van der Waals surface area contributed by atoms with Crippen LogP contribution in [0, 0.1) is 5.92 Å². The van der Waals surface area contributed by atoms with E-state index in [0.29, 0.717) is 31.7 Å². The summed E-state index contributed by atoms with van der Waals surface area (Å²) in [6.07, 6.45) is 4.41. The van der Waals surface area contributed by atoms with Gasteiger partial charge in [-0.15, -0.1) is 11.3 Å². The monoisotopic (exact) mass is 352 g/mol. The normalized spacial score (nSPS) is 19.1. The highest BCUT2D eigenvalue weighted by Gasteiger charge is 2.30. The fraction of sp³-hybridized carbons (Fsp3) is 0.706. The van der Waals surface area contributed by atoms with E-state index in [0.717, 1.165) is 30.7 Å². The number of amides is 2. The number of hydrogen-bond acceptors (Lipinski definition) is 5. The van der Waals surface area contributed by atoms with Crippen molar-refractivity contribution in [1.29, 1.82) is 0 Å². The van der Waals surface area contributed by atoms with Gasteiger partial charge in [0.1, 0.15) is 5.69 Å². The molecule has 24 heavy (non-hydrogen) atoms. The van der Waals surface area contributed by atoms with Crippen molar-refractivity contribution in [3.05, 3.63) is 16.1 Å². The fourth-order valence-electron chi connectivity index (χ4n) is 3.05. The maximum absolute atomic E-state index is 12.6. The molecule has 2 rings (SSSR count). The smallest absolute Gasteiger partial charge is 0.273 e. The van der Waals surface area contributed by atoms with Crippen molar-refractivity contribution in [1.82, 2.24) is 15.2 Å². The number of nitrogens with one attached hydrogen (secondary N) is 1. The van der Waals surface area contributed by atoms with Crippen LogP contribution in [0.1, 0.15) is 55.0 Å². The zero-order valence-electron chi connectivity index (χ0n) is 14.6. The maximum Gasteiger partial charge on any atom is 0.273 e. The minimum Gasteiger partial charge on any atom is -0.353 e. The molecular weight excluding hydrogens is 324 g/mol. The molecular formula is C17H28N4O2S. The van der Waals surface area contributed by atoms with Crippen LogP contribution >= 0.6 is 11.3 Å². The van der Waals surface area contributed by atoms with Gasteiger partial charge in [0.25, 0.3) is 5.91 Å². The van der Waals surface area contributed by atoms with Gasteiger partial charge in [-0.25, -0.2) is 4.98 Å². The lowest BCUT2D eigenvalue weighted by atomic mass is 9.96. The summed E-state index contributed by atoms with van der Waals surface area (Å²) < 4.78 is 0. The molecule has 1 aromatic heterocycles. The molecule has 0 radical (unpaired) electrons. The van der Waals surface area contributed by atoms with E-state index in [9.17, 15) is 9.59 Å². The summed E-state index contributed by atoms with van der Waals surface area (Å²) in [6, 6.07) is 0.186. The second-order valence-corrected chi connectivity index (χ2v) is 7.40. The highest BCUT2D eigenvalue weighted by Crippen LogP contribution is 2.20. The van der Waals surface area contributed by atoms with Gasteiger partial charge >= 0.3 is 0 Å². The molecule has 0 spiro atoms. The lowest BCUT2D eigenvalue weighted by molar-refractivity contribution is -0.127. The Morgan fingerprint density at radius 3 is 3.04 bits per heavy atom. The molecule has 2 heterocycles. The maximum atomic E-state index is 12.6. The zero-order valence-corrected chi connectivity index (χ0v) is 15.4. The summed E-state index contributed by atoms with van der Waals surface area (Å²) >= 11 is 1.47. The van der Waals surface area contributed by atoms with E-state index in [1.54, 1.807) is 10.3 Å². The zero-order chi connectivity index (χ0) is 17.5. The molecule has 0 aromatic carbocycles. The Morgan fingerprint density at radius 2 is 2.33 bits per heavy atom. The first-order valence-electron chi connectivity index (χ1n) is 8.79. The molecule has 0 aliphatic carbocycles. The summed E-state index contributed by atoms with van der Waals surface area (Å²) in [7, 11) is 0. The second kappa shape index (κ2) is 9.13. The first-order chi connectivity index (χ1) is 11.5. The Kier molecular flexibility index (Phi) is 7.17. The number of hydrogen-bond donors (Lipinski definition) is 2. The van der Waals surface area contributed by atoms with Gasteiger partial charge in [0.2, 0.25) is 5.91 Å². The molecule has 1 aromatic rings. The van der Waals surface area contributed by atoms with Crippen LogP contribution in [0.15, 0.2) is 5.38 Å². The Balaban J connectivity index is 1.93. The third-order valence-corrected chi connectivity index (χ3v) is 5.23. The first kappa shape index (κ1) is 18.9. The Bertz CT molecular complexity index is 561. The van der Waals surface area contributed by atoms with Crippen LogP contribution in [-0.4, -0.2) is 47.4 Å². The number of nitrogens with zero attached hydrogens (tertiary/aromatic N) is 2. The van der Waals surface area contributed by atoms with Crippen LogP contribution in [0.5, 0.6) is 0 Å². The van der Waals surface area contributed by atoms with E-state index in [2.05, 4.69) is 17.2 Å². The van der Waals surface area contributed by atoms with E-state index < -0.39 is 0 Å². The third-order valence-electron chi connectivity index (χ3n) is 4.32. The van der Waals surface area contributed by atoms with Gasteiger partial charge in [0, 0.05) is 30.9 Å². The number of thiazole rings is 1. The molecule has 3 N–H and O–H groups in total. The van der Waals surface area contributed by atoms with Crippen LogP contribution in [0.2, 0.25) is 0 Å². The lowest BCUT2D eigenvalue weighted by Crippen LogP contribution is -2.47. The first-order valence-corrected chi connectivity index (χ1v) is 9.67. The molecule has 1 aliphatic rings. The van der Waals surface area contributed by atoms with Crippen molar-refractivity contribution < 1.29 is 9.59 Å². The number of rotatable bonds is 7. The predicted molar refractivity (Wildman–Crippen MR) is 96.0 cm³/mol. The Labute approximate surface area is 147 Å². The van der Waals surface area contributed by atoms with E-state index in [4.69, 9.17) is 5.73 Å². The number of aromatic nitrogens is 1. The summed E-state index contributed by atoms with van der Waals surface area (Å²) in [5.74, 6) is -0.131. The van der Waals surface area contributed by atoms with Gasteiger partial charge in [-0.3, -0.25) is 9.59 Å². The highest BCUT2D eigenvalue weighted by atomic mass is 32.1. The standard InChI is InChI=1S/C17H28N4O2S/c1-3-5-12(2)19-16(22)13-6-4-9-21(10-13)17(23)14-11-24-15(20-14)7-8-18/h11-13H,3-10,18H2,1-2H3,(H,19,22). The van der Waals surface area contributed by atoms with Crippen LogP contribution in [0.3, 0.4) is 0 Å². The highest BCUT2D eigenvalue weighted by molar-refractivity contribution is 7.09. The van der Waals surface area contributed by atoms with Gasteiger partial charge in [-0.1, -0.05) is 13.3 Å². The molecule has 2 amide bonds. The molecule has 1 aliphatic heterocycles. The molecule has 0 bridgehead atoms. The van der Waals surface area contributed by atoms with E-state index in [1.807, 2.05) is 6.92 Å². The molecule has 6 nitrogen and oxygen atoms in total. The van der Waals surface area contributed by atoms with E-state index in [1.165, 1.54) is 11.3 Å². The average Bonchev–Trinajstić information content (AvgIpc) is 3.03. The molecule has 2 unspecified atom stereocenters. The van der Waals surface area contributed by atoms with E-state index in [-0.39, 0.29) is 23.8 Å². The quantitative estimate of drug-likeness (QED) is 0.783. The van der Waals surface area contributed by atoms with Crippen molar-refractivity contribution in [3.8, 4) is 0 Å². The SMILES string of the molecule is CCCC(C)NC(=O)C1CCCN(C(=O)c2csc(CCN)n2)C1. The lowest BCUT2D eigenvalue weighted by Gasteiger charge is -2.32. The van der Waals surface area contributed by atoms with Crippen LogP contribution in [0.4, 0.5) is 0 Å². The van der Waals surface area contributed by atoms with E-state index >= 15 is 0 Å². The molecule has 1 fully saturated rings. The van der Waals surface area contributed by atoms with Gasteiger partial charge in [0.15, 0.2) is 0 Å². The number of carbonyl (C=O) groups excluding carboxylic acids is 2.